The molecule has 0 radical (unpaired) electrons. The van der Waals surface area contributed by atoms with Gasteiger partial charge in [-0.1, -0.05) is 0 Å². The molecule has 0 spiro atoms. The molecule has 1 aromatic carbocycles. The molecular formula is C20H25BrN2O7. The monoisotopic (exact) mass is 484 g/mol. The minimum absolute atomic E-state index is 0.00456. The number of carbonyl (C=O) groups excluding carboxylic acids is 3. The van der Waals surface area contributed by atoms with E-state index in [9.17, 15) is 14.4 Å². The molecular weight excluding hydrogens is 460 g/mol. The third-order valence-corrected chi connectivity index (χ3v) is 5.97. The Morgan fingerprint density at radius 1 is 1.17 bits per heavy atom. The van der Waals surface area contributed by atoms with Gasteiger partial charge in [0, 0.05) is 23.6 Å². The fourth-order valence-corrected chi connectivity index (χ4v) is 4.28. The molecule has 0 saturated carbocycles. The van der Waals surface area contributed by atoms with Gasteiger partial charge < -0.3 is 23.8 Å². The number of carbonyl (C=O) groups is 3. The molecule has 0 unspecified atom stereocenters. The van der Waals surface area contributed by atoms with Crippen molar-refractivity contribution in [2.75, 3.05) is 40.5 Å². The molecule has 30 heavy (non-hydrogen) atoms. The van der Waals surface area contributed by atoms with E-state index in [0.29, 0.717) is 47.5 Å². The topological polar surface area (TPSA) is 94.6 Å². The molecule has 2 heterocycles. The maximum absolute atomic E-state index is 13.1. The van der Waals surface area contributed by atoms with Gasteiger partial charge in [-0.15, -0.1) is 0 Å². The molecule has 1 aromatic rings. The molecule has 10 heteroatoms. The Kier molecular flexibility index (Phi) is 7.06. The number of likely N-dealkylation sites (tertiary alicyclic amines) is 1. The molecule has 2 aliphatic heterocycles. The van der Waals surface area contributed by atoms with Gasteiger partial charge >= 0.3 is 12.1 Å². The van der Waals surface area contributed by atoms with Crippen LogP contribution in [0.25, 0.3) is 0 Å². The summed E-state index contributed by atoms with van der Waals surface area (Å²) in [7, 11) is 3.05. The maximum Gasteiger partial charge on any atom is 0.410 e. The van der Waals surface area contributed by atoms with Crippen LogP contribution in [0.5, 0.6) is 11.5 Å². The van der Waals surface area contributed by atoms with Crippen molar-refractivity contribution in [3.8, 4) is 11.5 Å². The molecule has 9 nitrogen and oxygen atoms in total. The van der Waals surface area contributed by atoms with Gasteiger partial charge in [0.1, 0.15) is 6.61 Å². The number of ether oxygens (including phenoxy) is 4. The summed E-state index contributed by atoms with van der Waals surface area (Å²) < 4.78 is 21.3. The fourth-order valence-electron chi connectivity index (χ4n) is 3.79. The van der Waals surface area contributed by atoms with Gasteiger partial charge in [0.25, 0.3) is 5.91 Å². The van der Waals surface area contributed by atoms with Crippen molar-refractivity contribution in [3.05, 3.63) is 22.2 Å². The predicted molar refractivity (Wildman–Crippen MR) is 110 cm³/mol. The molecule has 1 atom stereocenters. The molecule has 2 saturated heterocycles. The molecule has 2 fully saturated rings. The van der Waals surface area contributed by atoms with Crippen LogP contribution in [-0.2, 0) is 14.3 Å². The summed E-state index contributed by atoms with van der Waals surface area (Å²) in [6, 6.07) is 2.42. The van der Waals surface area contributed by atoms with Crippen LogP contribution < -0.4 is 9.47 Å². The van der Waals surface area contributed by atoms with Gasteiger partial charge in [-0.05, 0) is 47.8 Å². The summed E-state index contributed by atoms with van der Waals surface area (Å²) in [5.74, 6) is 0.386. The van der Waals surface area contributed by atoms with Crippen molar-refractivity contribution in [3.63, 3.8) is 0 Å². The molecule has 2 aliphatic rings. The van der Waals surface area contributed by atoms with E-state index in [1.807, 2.05) is 0 Å². The molecule has 0 N–H and O–H groups in total. The first kappa shape index (κ1) is 22.2. The molecule has 0 bridgehead atoms. The zero-order chi connectivity index (χ0) is 21.8. The van der Waals surface area contributed by atoms with E-state index in [-0.39, 0.29) is 25.2 Å². The highest BCUT2D eigenvalue weighted by atomic mass is 79.9. The highest BCUT2D eigenvalue weighted by molar-refractivity contribution is 9.10. The lowest BCUT2D eigenvalue weighted by atomic mass is 10.0. The highest BCUT2D eigenvalue weighted by Gasteiger charge is 2.44. The number of nitrogens with zero attached hydrogens (tertiary/aromatic N) is 2. The third-order valence-electron chi connectivity index (χ3n) is 5.32. The van der Waals surface area contributed by atoms with Crippen LogP contribution in [0.4, 0.5) is 4.79 Å². The third kappa shape index (κ3) is 4.33. The second-order valence-corrected chi connectivity index (χ2v) is 7.82. The Balaban J connectivity index is 1.69. The summed E-state index contributed by atoms with van der Waals surface area (Å²) in [5, 5.41) is 0. The zero-order valence-corrected chi connectivity index (χ0v) is 18.8. The summed E-state index contributed by atoms with van der Waals surface area (Å²) >= 11 is 3.43. The number of rotatable bonds is 6. The van der Waals surface area contributed by atoms with E-state index >= 15 is 0 Å². The van der Waals surface area contributed by atoms with E-state index < -0.39 is 18.1 Å². The van der Waals surface area contributed by atoms with Crippen LogP contribution in [-0.4, -0.2) is 80.4 Å². The van der Waals surface area contributed by atoms with E-state index in [2.05, 4.69) is 15.9 Å². The quantitative estimate of drug-likeness (QED) is 0.572. The minimum Gasteiger partial charge on any atom is -0.493 e. The van der Waals surface area contributed by atoms with E-state index in [0.717, 1.165) is 0 Å². The molecule has 3 rings (SSSR count). The van der Waals surface area contributed by atoms with Crippen LogP contribution in [0.15, 0.2) is 16.6 Å². The van der Waals surface area contributed by atoms with E-state index in [1.165, 1.54) is 19.1 Å². The average molecular weight is 485 g/mol. The lowest BCUT2D eigenvalue weighted by Crippen LogP contribution is -2.52. The first-order chi connectivity index (χ1) is 14.4. The molecule has 0 aliphatic carbocycles. The minimum atomic E-state index is -0.732. The van der Waals surface area contributed by atoms with Gasteiger partial charge in [0.05, 0.1) is 26.4 Å². The number of methoxy groups -OCH3 is 2. The van der Waals surface area contributed by atoms with Crippen molar-refractivity contribution in [2.24, 2.45) is 0 Å². The predicted octanol–water partition coefficient (Wildman–Crippen LogP) is 2.45. The van der Waals surface area contributed by atoms with Crippen molar-refractivity contribution in [1.29, 1.82) is 0 Å². The number of amides is 2. The van der Waals surface area contributed by atoms with Gasteiger partial charge in [-0.25, -0.2) is 9.59 Å². The Bertz CT molecular complexity index is 824. The normalized spacial score (nSPS) is 19.5. The smallest absolute Gasteiger partial charge is 0.410 e. The SMILES string of the molecule is CCOC(=O)[C@@H]1COC(=O)N1C1CCN(C(=O)c2cc(OC)c(OC)cc2Br)CC1. The Morgan fingerprint density at radius 3 is 2.40 bits per heavy atom. The van der Waals surface area contributed by atoms with Crippen LogP contribution in [0.1, 0.15) is 30.1 Å². The number of piperidine rings is 1. The first-order valence-electron chi connectivity index (χ1n) is 9.73. The number of hydrogen-bond acceptors (Lipinski definition) is 7. The van der Waals surface area contributed by atoms with Crippen molar-refractivity contribution >= 4 is 33.9 Å². The zero-order valence-electron chi connectivity index (χ0n) is 17.2. The number of cyclic esters (lactones) is 1. The van der Waals surface area contributed by atoms with Crippen molar-refractivity contribution < 1.29 is 33.3 Å². The van der Waals surface area contributed by atoms with E-state index in [4.69, 9.17) is 18.9 Å². The number of benzene rings is 1. The van der Waals surface area contributed by atoms with Crippen LogP contribution >= 0.6 is 15.9 Å². The number of esters is 1. The van der Waals surface area contributed by atoms with Crippen LogP contribution in [0, 0.1) is 0 Å². The second kappa shape index (κ2) is 9.55. The lowest BCUT2D eigenvalue weighted by molar-refractivity contribution is -0.148. The van der Waals surface area contributed by atoms with Crippen LogP contribution in [0.2, 0.25) is 0 Å². The number of hydrogen-bond donors (Lipinski definition) is 0. The van der Waals surface area contributed by atoms with Gasteiger partial charge in [0.2, 0.25) is 0 Å². The number of halogens is 1. The maximum atomic E-state index is 13.1. The standard InChI is InChI=1S/C20H25BrN2O7/c1-4-29-19(25)15-11-30-20(26)23(15)12-5-7-22(8-6-12)18(24)13-9-16(27-2)17(28-3)10-14(13)21/h9-10,12,15H,4-8,11H2,1-3H3/t15-/m0/s1. The lowest BCUT2D eigenvalue weighted by Gasteiger charge is -2.37. The summed E-state index contributed by atoms with van der Waals surface area (Å²) in [6.07, 6.45) is 0.573. The van der Waals surface area contributed by atoms with Gasteiger partial charge in [0.15, 0.2) is 17.5 Å². The van der Waals surface area contributed by atoms with Gasteiger partial charge in [-0.2, -0.15) is 0 Å². The highest BCUT2D eigenvalue weighted by Crippen LogP contribution is 2.34. The van der Waals surface area contributed by atoms with Crippen molar-refractivity contribution in [1.82, 2.24) is 9.80 Å². The fraction of sp³-hybridized carbons (Fsp3) is 0.550. The largest absolute Gasteiger partial charge is 0.493 e. The Morgan fingerprint density at radius 2 is 1.80 bits per heavy atom. The summed E-state index contributed by atoms with van der Waals surface area (Å²) in [6.45, 7) is 2.85. The molecule has 2 amide bonds. The average Bonchev–Trinajstić information content (AvgIpc) is 3.14. The Hall–Kier alpha value is -2.49. The van der Waals surface area contributed by atoms with Crippen LogP contribution in [0.3, 0.4) is 0 Å². The molecule has 0 aromatic heterocycles. The van der Waals surface area contributed by atoms with Crippen molar-refractivity contribution in [2.45, 2.75) is 31.8 Å². The Labute approximate surface area is 183 Å². The van der Waals surface area contributed by atoms with E-state index in [1.54, 1.807) is 24.0 Å². The van der Waals surface area contributed by atoms with Gasteiger partial charge in [-0.3, -0.25) is 9.69 Å². The molecule has 164 valence electrons. The second-order valence-electron chi connectivity index (χ2n) is 6.96. The summed E-state index contributed by atoms with van der Waals surface area (Å²) in [5.41, 5.74) is 0.469. The first-order valence-corrected chi connectivity index (χ1v) is 10.5. The summed E-state index contributed by atoms with van der Waals surface area (Å²) in [4.78, 5) is 40.6.